The van der Waals surface area contributed by atoms with Gasteiger partial charge in [-0.3, -0.25) is 9.78 Å². The number of carbonyl (C=O) groups excluding carboxylic acids is 1. The van der Waals surface area contributed by atoms with Crippen molar-refractivity contribution < 1.29 is 14.3 Å². The molecule has 5 rings (SSSR count). The number of anilines is 2. The second kappa shape index (κ2) is 12.7. The van der Waals surface area contributed by atoms with Gasteiger partial charge in [0.05, 0.1) is 0 Å². The lowest BCUT2D eigenvalue weighted by atomic mass is 10.1. The molecule has 6 nitrogen and oxygen atoms in total. The van der Waals surface area contributed by atoms with Crippen LogP contribution in [-0.2, 0) is 6.42 Å². The Morgan fingerprint density at radius 3 is 2.43 bits per heavy atom. The van der Waals surface area contributed by atoms with Gasteiger partial charge in [0.1, 0.15) is 24.7 Å². The van der Waals surface area contributed by atoms with Gasteiger partial charge in [0.2, 0.25) is 0 Å². The highest BCUT2D eigenvalue weighted by Gasteiger charge is 2.10. The zero-order valence-corrected chi connectivity index (χ0v) is 21.2. The van der Waals surface area contributed by atoms with E-state index < -0.39 is 0 Å². The molecular weight excluding hydrogens is 462 g/mol. The molecule has 1 aliphatic heterocycles. The lowest BCUT2D eigenvalue weighted by molar-refractivity contribution is 0.101. The van der Waals surface area contributed by atoms with E-state index in [9.17, 15) is 4.79 Å². The third kappa shape index (κ3) is 6.93. The third-order valence-electron chi connectivity index (χ3n) is 5.13. The number of nitrogens with zero attached hydrogens (tertiary/aromatic N) is 2. The summed E-state index contributed by atoms with van der Waals surface area (Å²) in [7, 11) is 0. The SMILES string of the molecule is CC.CC(=O)c1cc(Nc2nccc3ccc(Cl)cc23)ccn1.CCc1ccc2c(c1)OCCO2. The van der Waals surface area contributed by atoms with Gasteiger partial charge in [-0.2, -0.15) is 0 Å². The number of aromatic nitrogens is 2. The van der Waals surface area contributed by atoms with E-state index in [2.05, 4.69) is 34.3 Å². The first-order valence-corrected chi connectivity index (χ1v) is 12.1. The summed E-state index contributed by atoms with van der Waals surface area (Å²) in [5.41, 5.74) is 2.47. The molecule has 0 aliphatic carbocycles. The topological polar surface area (TPSA) is 73.3 Å². The number of carbonyl (C=O) groups is 1. The van der Waals surface area contributed by atoms with Gasteiger partial charge in [0.25, 0.3) is 0 Å². The van der Waals surface area contributed by atoms with E-state index in [4.69, 9.17) is 21.1 Å². The summed E-state index contributed by atoms with van der Waals surface area (Å²) in [6.45, 7) is 8.95. The summed E-state index contributed by atoms with van der Waals surface area (Å²) < 4.78 is 10.8. The number of ketones is 1. The van der Waals surface area contributed by atoms with Crippen LogP contribution in [0.25, 0.3) is 10.8 Å². The Bertz CT molecular complexity index is 1290. The fraction of sp³-hybridized carbons (Fsp3) is 0.250. The molecule has 1 aliphatic rings. The lowest BCUT2D eigenvalue weighted by Gasteiger charge is -2.18. The van der Waals surface area contributed by atoms with Crippen LogP contribution in [0, 0.1) is 0 Å². The number of rotatable bonds is 4. The van der Waals surface area contributed by atoms with Gasteiger partial charge in [-0.05, 0) is 59.8 Å². The summed E-state index contributed by atoms with van der Waals surface area (Å²) in [6.07, 6.45) is 4.36. The van der Waals surface area contributed by atoms with Crippen molar-refractivity contribution in [1.29, 1.82) is 0 Å². The molecule has 1 N–H and O–H groups in total. The van der Waals surface area contributed by atoms with Gasteiger partial charge < -0.3 is 14.8 Å². The highest BCUT2D eigenvalue weighted by molar-refractivity contribution is 6.31. The van der Waals surface area contributed by atoms with E-state index in [1.165, 1.54) is 12.5 Å². The molecule has 35 heavy (non-hydrogen) atoms. The first-order valence-electron chi connectivity index (χ1n) is 11.7. The van der Waals surface area contributed by atoms with Crippen molar-refractivity contribution in [2.45, 2.75) is 34.1 Å². The molecule has 4 aromatic rings. The predicted molar refractivity (Wildman–Crippen MR) is 142 cm³/mol. The Morgan fingerprint density at radius 1 is 0.943 bits per heavy atom. The van der Waals surface area contributed by atoms with Crippen molar-refractivity contribution in [3.63, 3.8) is 0 Å². The van der Waals surface area contributed by atoms with Crippen molar-refractivity contribution in [3.8, 4) is 11.5 Å². The average molecular weight is 492 g/mol. The summed E-state index contributed by atoms with van der Waals surface area (Å²) in [4.78, 5) is 19.8. The minimum absolute atomic E-state index is 0.0763. The van der Waals surface area contributed by atoms with Crippen LogP contribution in [0.1, 0.15) is 43.7 Å². The first kappa shape index (κ1) is 26.0. The number of nitrogens with one attached hydrogen (secondary N) is 1. The molecule has 0 amide bonds. The smallest absolute Gasteiger partial charge is 0.178 e. The van der Waals surface area contributed by atoms with Crippen molar-refractivity contribution >= 4 is 39.7 Å². The maximum atomic E-state index is 11.4. The number of benzene rings is 2. The molecule has 0 spiro atoms. The number of pyridine rings is 2. The molecule has 0 unspecified atom stereocenters. The van der Waals surface area contributed by atoms with Crippen molar-refractivity contribution in [2.75, 3.05) is 18.5 Å². The number of aryl methyl sites for hydroxylation is 1. The molecule has 0 saturated heterocycles. The summed E-state index contributed by atoms with van der Waals surface area (Å²) >= 11 is 6.05. The molecule has 0 radical (unpaired) electrons. The monoisotopic (exact) mass is 491 g/mol. The van der Waals surface area contributed by atoms with Crippen LogP contribution >= 0.6 is 11.6 Å². The van der Waals surface area contributed by atoms with E-state index in [0.717, 1.165) is 34.4 Å². The molecule has 3 heterocycles. The van der Waals surface area contributed by atoms with Crippen molar-refractivity contribution in [2.24, 2.45) is 0 Å². The number of ether oxygens (including phenoxy) is 2. The van der Waals surface area contributed by atoms with Gasteiger partial charge in [-0.25, -0.2) is 4.98 Å². The second-order valence-electron chi connectivity index (χ2n) is 7.47. The van der Waals surface area contributed by atoms with Crippen molar-refractivity contribution in [1.82, 2.24) is 9.97 Å². The Balaban J connectivity index is 0.000000207. The quantitative estimate of drug-likeness (QED) is 0.302. The second-order valence-corrected chi connectivity index (χ2v) is 7.90. The Morgan fingerprint density at radius 2 is 1.69 bits per heavy atom. The fourth-order valence-electron chi connectivity index (χ4n) is 3.39. The highest BCUT2D eigenvalue weighted by atomic mass is 35.5. The molecular formula is C28H30ClN3O3. The molecule has 0 fully saturated rings. The minimum Gasteiger partial charge on any atom is -0.486 e. The third-order valence-corrected chi connectivity index (χ3v) is 5.36. The van der Waals surface area contributed by atoms with Gasteiger partial charge >= 0.3 is 0 Å². The largest absolute Gasteiger partial charge is 0.486 e. The first-order chi connectivity index (χ1) is 17.0. The van der Waals surface area contributed by atoms with Crippen LogP contribution in [0.2, 0.25) is 5.02 Å². The number of hydrogen-bond acceptors (Lipinski definition) is 6. The number of fused-ring (bicyclic) bond motifs is 2. The number of halogens is 1. The van der Waals surface area contributed by atoms with E-state index in [-0.39, 0.29) is 5.78 Å². The van der Waals surface area contributed by atoms with E-state index in [0.29, 0.717) is 29.7 Å². The molecule has 2 aromatic carbocycles. The standard InChI is InChI=1S/C16H12ClN3O.C10H12O2.C2H6/c1-10(21)15-9-13(5-7-18-15)20-16-14-8-12(17)3-2-11(14)4-6-19-16;1-2-8-3-4-9-10(7-8)12-6-5-11-9;1-2/h2-9H,1H3,(H,18,19,20);3-4,7H,2,5-6H2,1H3;1-2H3. The Labute approximate surface area is 211 Å². The van der Waals surface area contributed by atoms with Crippen LogP contribution in [0.3, 0.4) is 0 Å². The van der Waals surface area contributed by atoms with Crippen molar-refractivity contribution in [3.05, 3.63) is 83.3 Å². The lowest BCUT2D eigenvalue weighted by Crippen LogP contribution is -2.15. The average Bonchev–Trinajstić information content (AvgIpc) is 2.90. The summed E-state index contributed by atoms with van der Waals surface area (Å²) in [5.74, 6) is 2.38. The van der Waals surface area contributed by atoms with Gasteiger partial charge in [0, 0.05) is 35.4 Å². The zero-order valence-electron chi connectivity index (χ0n) is 20.5. The molecule has 7 heteroatoms. The fourth-order valence-corrected chi connectivity index (χ4v) is 3.56. The van der Waals surface area contributed by atoms with Crippen LogP contribution in [0.15, 0.2) is 67.0 Å². The summed E-state index contributed by atoms with van der Waals surface area (Å²) in [6, 6.07) is 17.2. The molecule has 0 saturated carbocycles. The Kier molecular flexibility index (Phi) is 9.44. The molecule has 2 aromatic heterocycles. The maximum absolute atomic E-state index is 11.4. The predicted octanol–water partition coefficient (Wildman–Crippen LogP) is 7.28. The minimum atomic E-state index is -0.0763. The van der Waals surface area contributed by atoms with Crippen LogP contribution in [-0.4, -0.2) is 29.0 Å². The molecule has 0 atom stereocenters. The molecule has 0 bridgehead atoms. The summed E-state index contributed by atoms with van der Waals surface area (Å²) in [5, 5.41) is 5.82. The number of Topliss-reactive ketones (excluding diaryl/α,β-unsaturated/α-hetero) is 1. The van der Waals surface area contributed by atoms with Crippen LogP contribution < -0.4 is 14.8 Å². The van der Waals surface area contributed by atoms with E-state index >= 15 is 0 Å². The normalized spacial score (nSPS) is 11.5. The van der Waals surface area contributed by atoms with E-state index in [1.54, 1.807) is 24.5 Å². The number of hydrogen-bond donors (Lipinski definition) is 1. The highest BCUT2D eigenvalue weighted by Crippen LogP contribution is 2.30. The molecule has 182 valence electrons. The van der Waals surface area contributed by atoms with E-state index in [1.807, 2.05) is 44.2 Å². The van der Waals surface area contributed by atoms with Crippen LogP contribution in [0.4, 0.5) is 11.5 Å². The Hall–Kier alpha value is -3.64. The maximum Gasteiger partial charge on any atom is 0.178 e. The van der Waals surface area contributed by atoms with Gasteiger partial charge in [-0.1, -0.05) is 44.5 Å². The van der Waals surface area contributed by atoms with Crippen LogP contribution in [0.5, 0.6) is 11.5 Å². The van der Waals surface area contributed by atoms with Gasteiger partial charge in [0.15, 0.2) is 17.3 Å². The van der Waals surface area contributed by atoms with Gasteiger partial charge in [-0.15, -0.1) is 0 Å². The zero-order chi connectivity index (χ0) is 25.2.